The molecule has 2 aliphatic heterocycles. The number of hydrogen-bond acceptors (Lipinski definition) is 7. The Morgan fingerprint density at radius 2 is 1.48 bits per heavy atom. The lowest BCUT2D eigenvalue weighted by molar-refractivity contribution is -0.0156. The second-order valence-electron chi connectivity index (χ2n) is 9.19. The number of methoxy groups -OCH3 is 2. The highest BCUT2D eigenvalue weighted by molar-refractivity contribution is 5.03. The maximum Gasteiger partial charge on any atom is 0.0779 e. The smallest absolute Gasteiger partial charge is 0.0779 e. The maximum absolute atomic E-state index is 6.64. The SMILES string of the molecule is COC1CCC(C2CN(C3CCC(OC)CC3)C3NCN(N)C(N)C23)CC1. The number of hydrogen-bond donors (Lipinski definition) is 3. The molecule has 2 saturated carbocycles. The van der Waals surface area contributed by atoms with Crippen molar-refractivity contribution >= 4 is 0 Å². The van der Waals surface area contributed by atoms with Gasteiger partial charge in [-0.2, -0.15) is 0 Å². The van der Waals surface area contributed by atoms with Crippen molar-refractivity contribution in [3.05, 3.63) is 0 Å². The zero-order valence-electron chi connectivity index (χ0n) is 17.1. The quantitative estimate of drug-likeness (QED) is 0.627. The van der Waals surface area contributed by atoms with E-state index in [0.717, 1.165) is 12.5 Å². The van der Waals surface area contributed by atoms with Crippen LogP contribution in [-0.4, -0.2) is 67.9 Å². The zero-order valence-corrected chi connectivity index (χ0v) is 17.1. The molecule has 4 atom stereocenters. The van der Waals surface area contributed by atoms with Crippen LogP contribution in [0.4, 0.5) is 0 Å². The van der Waals surface area contributed by atoms with Crippen LogP contribution in [0.2, 0.25) is 0 Å². The highest BCUT2D eigenvalue weighted by atomic mass is 16.5. The van der Waals surface area contributed by atoms with E-state index >= 15 is 0 Å². The first-order valence-electron chi connectivity index (χ1n) is 10.9. The lowest BCUT2D eigenvalue weighted by atomic mass is 9.73. The summed E-state index contributed by atoms with van der Waals surface area (Å²) >= 11 is 0. The van der Waals surface area contributed by atoms with E-state index in [-0.39, 0.29) is 6.17 Å². The van der Waals surface area contributed by atoms with Gasteiger partial charge < -0.3 is 15.2 Å². The summed E-state index contributed by atoms with van der Waals surface area (Å²) in [6, 6.07) is 0.647. The number of nitrogens with one attached hydrogen (secondary N) is 1. The monoisotopic (exact) mass is 381 g/mol. The van der Waals surface area contributed by atoms with Crippen LogP contribution in [0.1, 0.15) is 51.4 Å². The fourth-order valence-corrected chi connectivity index (χ4v) is 6.36. The third-order valence-electron chi connectivity index (χ3n) is 8.00. The fourth-order valence-electron chi connectivity index (χ4n) is 6.36. The Bertz CT molecular complexity index is 479. The lowest BCUT2D eigenvalue weighted by Crippen LogP contribution is -2.67. The molecule has 4 fully saturated rings. The number of nitrogens with zero attached hydrogens (tertiary/aromatic N) is 2. The maximum atomic E-state index is 6.64. The number of ether oxygens (including phenoxy) is 2. The first kappa shape index (κ1) is 20.0. The van der Waals surface area contributed by atoms with Crippen LogP contribution in [-0.2, 0) is 9.47 Å². The average Bonchev–Trinajstić information content (AvgIpc) is 3.11. The summed E-state index contributed by atoms with van der Waals surface area (Å²) in [6.07, 6.45) is 10.9. The first-order valence-corrected chi connectivity index (χ1v) is 10.9. The zero-order chi connectivity index (χ0) is 19.0. The van der Waals surface area contributed by atoms with Crippen molar-refractivity contribution in [3.63, 3.8) is 0 Å². The second kappa shape index (κ2) is 8.61. The second-order valence-corrected chi connectivity index (χ2v) is 9.19. The third-order valence-corrected chi connectivity index (χ3v) is 8.00. The number of hydrazine groups is 1. The predicted molar refractivity (Wildman–Crippen MR) is 105 cm³/mol. The van der Waals surface area contributed by atoms with E-state index in [1.54, 1.807) is 5.01 Å². The molecule has 156 valence electrons. The van der Waals surface area contributed by atoms with Gasteiger partial charge in [0.1, 0.15) is 0 Å². The van der Waals surface area contributed by atoms with Crippen LogP contribution in [0.5, 0.6) is 0 Å². The number of nitrogens with two attached hydrogens (primary N) is 2. The van der Waals surface area contributed by atoms with Gasteiger partial charge in [-0.25, -0.2) is 5.01 Å². The molecule has 7 heteroatoms. The van der Waals surface area contributed by atoms with E-state index in [9.17, 15) is 0 Å². The molecule has 27 heavy (non-hydrogen) atoms. The average molecular weight is 382 g/mol. The molecule has 2 aliphatic carbocycles. The molecule has 4 unspecified atom stereocenters. The number of rotatable bonds is 4. The van der Waals surface area contributed by atoms with Gasteiger partial charge in [-0.1, -0.05) is 0 Å². The summed E-state index contributed by atoms with van der Waals surface area (Å²) < 4.78 is 11.2. The molecule has 0 aromatic heterocycles. The fraction of sp³-hybridized carbons (Fsp3) is 1.00. The molecule has 0 spiro atoms. The molecule has 4 rings (SSSR count). The van der Waals surface area contributed by atoms with Gasteiger partial charge in [0, 0.05) is 32.7 Å². The van der Waals surface area contributed by atoms with Gasteiger partial charge in [-0.05, 0) is 63.2 Å². The first-order chi connectivity index (χ1) is 13.1. The van der Waals surface area contributed by atoms with Crippen molar-refractivity contribution in [1.82, 2.24) is 15.2 Å². The Balaban J connectivity index is 1.48. The molecule has 5 N–H and O–H groups in total. The van der Waals surface area contributed by atoms with E-state index < -0.39 is 0 Å². The Labute approximate surface area is 164 Å². The highest BCUT2D eigenvalue weighted by Gasteiger charge is 2.52. The van der Waals surface area contributed by atoms with Crippen molar-refractivity contribution in [2.75, 3.05) is 27.4 Å². The molecule has 0 radical (unpaired) electrons. The van der Waals surface area contributed by atoms with Gasteiger partial charge >= 0.3 is 0 Å². The van der Waals surface area contributed by atoms with Crippen LogP contribution < -0.4 is 16.9 Å². The Hall–Kier alpha value is -0.280. The lowest BCUT2D eigenvalue weighted by Gasteiger charge is -2.45. The molecule has 2 heterocycles. The summed E-state index contributed by atoms with van der Waals surface area (Å²) in [7, 11) is 3.70. The van der Waals surface area contributed by atoms with Gasteiger partial charge in [0.2, 0.25) is 0 Å². The summed E-state index contributed by atoms with van der Waals surface area (Å²) in [5, 5.41) is 5.52. The van der Waals surface area contributed by atoms with Gasteiger partial charge in [-0.3, -0.25) is 16.1 Å². The largest absolute Gasteiger partial charge is 0.381 e. The molecule has 0 bridgehead atoms. The summed E-state index contributed by atoms with van der Waals surface area (Å²) in [5.74, 6) is 8.00. The minimum atomic E-state index is -0.0540. The van der Waals surface area contributed by atoms with Gasteiger partial charge in [-0.15, -0.1) is 0 Å². The van der Waals surface area contributed by atoms with Crippen molar-refractivity contribution in [2.45, 2.75) is 81.9 Å². The Kier molecular flexibility index (Phi) is 6.38. The standard InChI is InChI=1S/C20H39N5O2/c1-26-15-7-3-13(4-8-15)17-11-24(14-5-9-16(27-2)10-6-14)20-18(17)19(21)25(22)12-23-20/h13-20,23H,3-12,21-22H2,1-2H3. The van der Waals surface area contributed by atoms with Gasteiger partial charge in [0.25, 0.3) is 0 Å². The van der Waals surface area contributed by atoms with Crippen LogP contribution in [0.25, 0.3) is 0 Å². The summed E-state index contributed by atoms with van der Waals surface area (Å²) in [6.45, 7) is 1.84. The molecule has 0 amide bonds. The van der Waals surface area contributed by atoms with Crippen LogP contribution in [0.3, 0.4) is 0 Å². The van der Waals surface area contributed by atoms with Crippen molar-refractivity contribution in [2.24, 2.45) is 29.3 Å². The van der Waals surface area contributed by atoms with Crippen LogP contribution in [0, 0.1) is 17.8 Å². The van der Waals surface area contributed by atoms with Gasteiger partial charge in [0.15, 0.2) is 0 Å². The molecular weight excluding hydrogens is 342 g/mol. The van der Waals surface area contributed by atoms with E-state index in [1.165, 1.54) is 51.4 Å². The van der Waals surface area contributed by atoms with Crippen LogP contribution >= 0.6 is 0 Å². The van der Waals surface area contributed by atoms with E-state index in [4.69, 9.17) is 21.1 Å². The third kappa shape index (κ3) is 3.92. The van der Waals surface area contributed by atoms with E-state index in [2.05, 4.69) is 10.2 Å². The summed E-state index contributed by atoms with van der Waals surface area (Å²) in [5.41, 5.74) is 6.64. The van der Waals surface area contributed by atoms with E-state index in [1.807, 2.05) is 14.2 Å². The minimum Gasteiger partial charge on any atom is -0.381 e. The normalized spacial score (nSPS) is 47.1. The Morgan fingerprint density at radius 3 is 2.07 bits per heavy atom. The van der Waals surface area contributed by atoms with Crippen molar-refractivity contribution in [3.8, 4) is 0 Å². The number of fused-ring (bicyclic) bond motifs is 1. The molecule has 0 aromatic carbocycles. The minimum absolute atomic E-state index is 0.0540. The predicted octanol–water partition coefficient (Wildman–Crippen LogP) is 1.04. The molecule has 2 saturated heterocycles. The van der Waals surface area contributed by atoms with Crippen molar-refractivity contribution < 1.29 is 9.47 Å². The van der Waals surface area contributed by atoms with Gasteiger partial charge in [0.05, 0.1) is 31.2 Å². The molecular formula is C20H39N5O2. The molecule has 7 nitrogen and oxygen atoms in total. The highest BCUT2D eigenvalue weighted by Crippen LogP contribution is 2.45. The van der Waals surface area contributed by atoms with E-state index in [0.29, 0.717) is 42.9 Å². The van der Waals surface area contributed by atoms with Crippen LogP contribution in [0.15, 0.2) is 0 Å². The Morgan fingerprint density at radius 1 is 0.889 bits per heavy atom. The topological polar surface area (TPSA) is 89.0 Å². The molecule has 4 aliphatic rings. The van der Waals surface area contributed by atoms with Crippen molar-refractivity contribution in [1.29, 1.82) is 0 Å². The number of likely N-dealkylation sites (tertiary alicyclic amines) is 1. The molecule has 0 aromatic rings. The summed E-state index contributed by atoms with van der Waals surface area (Å²) in [4.78, 5) is 2.75.